The lowest BCUT2D eigenvalue weighted by Crippen LogP contribution is -2.35. The van der Waals surface area contributed by atoms with Gasteiger partial charge in [-0.2, -0.15) is 0 Å². The summed E-state index contributed by atoms with van der Waals surface area (Å²) in [6, 6.07) is 4.59. The van der Waals surface area contributed by atoms with E-state index in [1.54, 1.807) is 7.11 Å². The van der Waals surface area contributed by atoms with E-state index in [1.807, 2.05) is 12.3 Å². The molecule has 0 aliphatic carbocycles. The molecule has 0 bridgehead atoms. The molecule has 0 radical (unpaired) electrons. The minimum atomic E-state index is 0.424. The summed E-state index contributed by atoms with van der Waals surface area (Å²) >= 11 is 0. The number of hydrogen-bond donors (Lipinski definition) is 1. The lowest BCUT2D eigenvalue weighted by atomic mass is 10.2. The molecule has 0 aliphatic heterocycles. The molecule has 4 nitrogen and oxygen atoms in total. The zero-order chi connectivity index (χ0) is 13.4. The molecule has 0 aliphatic rings. The summed E-state index contributed by atoms with van der Waals surface area (Å²) < 4.78 is 5.21. The Morgan fingerprint density at radius 1 is 1.39 bits per heavy atom. The summed E-state index contributed by atoms with van der Waals surface area (Å²) in [6.07, 6.45) is 1.94. The van der Waals surface area contributed by atoms with Gasteiger partial charge in [0.25, 0.3) is 0 Å². The first-order valence-corrected chi connectivity index (χ1v) is 6.63. The molecule has 4 heteroatoms. The number of pyridine rings is 1. The Morgan fingerprint density at radius 3 is 2.67 bits per heavy atom. The van der Waals surface area contributed by atoms with E-state index < -0.39 is 0 Å². The van der Waals surface area contributed by atoms with Crippen LogP contribution in [-0.4, -0.2) is 42.7 Å². The van der Waals surface area contributed by atoms with Gasteiger partial charge in [0.2, 0.25) is 0 Å². The molecular formula is C14H25N3O. The monoisotopic (exact) mass is 251 g/mol. The average Bonchev–Trinajstić information content (AvgIpc) is 2.38. The van der Waals surface area contributed by atoms with Crippen molar-refractivity contribution in [1.29, 1.82) is 0 Å². The Balaban J connectivity index is 2.58. The standard InChI is InChI=1S/C14H25N3O/c1-5-15-14-8-7-13(9-16-14)10-17(6-2)12(3)11-18-4/h7-9,12H,5-6,10-11H2,1-4H3,(H,15,16). The summed E-state index contributed by atoms with van der Waals surface area (Å²) in [5.74, 6) is 0.939. The quantitative estimate of drug-likeness (QED) is 0.769. The van der Waals surface area contributed by atoms with Crippen molar-refractivity contribution >= 4 is 5.82 Å². The molecule has 1 aromatic rings. The molecule has 18 heavy (non-hydrogen) atoms. The molecule has 0 spiro atoms. The molecule has 1 N–H and O–H groups in total. The van der Waals surface area contributed by atoms with E-state index in [4.69, 9.17) is 4.74 Å². The lowest BCUT2D eigenvalue weighted by molar-refractivity contribution is 0.0981. The molecule has 0 fully saturated rings. The maximum absolute atomic E-state index is 5.21. The van der Waals surface area contributed by atoms with Crippen molar-refractivity contribution in [1.82, 2.24) is 9.88 Å². The Kier molecular flexibility index (Phi) is 6.68. The number of nitrogens with zero attached hydrogens (tertiary/aromatic N) is 2. The molecule has 102 valence electrons. The van der Waals surface area contributed by atoms with Crippen molar-refractivity contribution < 1.29 is 4.74 Å². The molecule has 1 heterocycles. The third-order valence-electron chi connectivity index (χ3n) is 3.01. The van der Waals surface area contributed by atoms with Gasteiger partial charge in [0.1, 0.15) is 5.82 Å². The van der Waals surface area contributed by atoms with Crippen LogP contribution in [0.15, 0.2) is 18.3 Å². The SMILES string of the molecule is CCNc1ccc(CN(CC)C(C)COC)cn1. The van der Waals surface area contributed by atoms with E-state index in [-0.39, 0.29) is 0 Å². The van der Waals surface area contributed by atoms with Gasteiger partial charge in [-0.05, 0) is 32.0 Å². The molecule has 1 atom stereocenters. The van der Waals surface area contributed by atoms with Crippen LogP contribution in [0.3, 0.4) is 0 Å². The van der Waals surface area contributed by atoms with Crippen molar-refractivity contribution in [2.24, 2.45) is 0 Å². The predicted molar refractivity (Wildman–Crippen MR) is 75.8 cm³/mol. The van der Waals surface area contributed by atoms with Crippen molar-refractivity contribution in [3.8, 4) is 0 Å². The van der Waals surface area contributed by atoms with Gasteiger partial charge in [0, 0.05) is 32.4 Å². The van der Waals surface area contributed by atoms with E-state index in [0.29, 0.717) is 6.04 Å². The summed E-state index contributed by atoms with van der Waals surface area (Å²) in [5.41, 5.74) is 1.24. The zero-order valence-electron chi connectivity index (χ0n) is 11.9. The first-order valence-electron chi connectivity index (χ1n) is 6.63. The maximum Gasteiger partial charge on any atom is 0.125 e. The highest BCUT2D eigenvalue weighted by Gasteiger charge is 2.12. The van der Waals surface area contributed by atoms with Crippen LogP contribution in [0.1, 0.15) is 26.3 Å². The lowest BCUT2D eigenvalue weighted by Gasteiger charge is -2.27. The van der Waals surface area contributed by atoms with E-state index in [1.165, 1.54) is 5.56 Å². The van der Waals surface area contributed by atoms with Gasteiger partial charge in [-0.25, -0.2) is 4.98 Å². The second-order valence-corrected chi connectivity index (χ2v) is 4.45. The highest BCUT2D eigenvalue weighted by molar-refractivity contribution is 5.35. The molecule has 0 aromatic carbocycles. The van der Waals surface area contributed by atoms with Crippen LogP contribution < -0.4 is 5.32 Å². The molecule has 0 saturated heterocycles. The largest absolute Gasteiger partial charge is 0.383 e. The van der Waals surface area contributed by atoms with Gasteiger partial charge >= 0.3 is 0 Å². The van der Waals surface area contributed by atoms with Crippen LogP contribution >= 0.6 is 0 Å². The smallest absolute Gasteiger partial charge is 0.125 e. The summed E-state index contributed by atoms with van der Waals surface area (Å²) in [6.45, 7) is 10.0. The maximum atomic E-state index is 5.21. The van der Waals surface area contributed by atoms with E-state index in [2.05, 4.69) is 42.0 Å². The van der Waals surface area contributed by atoms with Crippen LogP contribution in [-0.2, 0) is 11.3 Å². The highest BCUT2D eigenvalue weighted by Crippen LogP contribution is 2.10. The number of aromatic nitrogens is 1. The molecule has 0 saturated carbocycles. The van der Waals surface area contributed by atoms with Crippen molar-refractivity contribution in [3.63, 3.8) is 0 Å². The number of hydrogen-bond acceptors (Lipinski definition) is 4. The van der Waals surface area contributed by atoms with E-state index >= 15 is 0 Å². The average molecular weight is 251 g/mol. The Morgan fingerprint density at radius 2 is 2.17 bits per heavy atom. The van der Waals surface area contributed by atoms with Crippen LogP contribution in [0.2, 0.25) is 0 Å². The second kappa shape index (κ2) is 8.06. The first-order chi connectivity index (χ1) is 8.71. The fourth-order valence-electron chi connectivity index (χ4n) is 1.96. The minimum Gasteiger partial charge on any atom is -0.383 e. The van der Waals surface area contributed by atoms with Gasteiger partial charge in [-0.1, -0.05) is 13.0 Å². The summed E-state index contributed by atoms with van der Waals surface area (Å²) in [4.78, 5) is 6.77. The Labute approximate surface area is 110 Å². The van der Waals surface area contributed by atoms with Crippen LogP contribution in [0.5, 0.6) is 0 Å². The van der Waals surface area contributed by atoms with Gasteiger partial charge in [-0.15, -0.1) is 0 Å². The summed E-state index contributed by atoms with van der Waals surface area (Å²) in [5, 5.41) is 3.20. The third kappa shape index (κ3) is 4.63. The molecule has 1 unspecified atom stereocenters. The third-order valence-corrected chi connectivity index (χ3v) is 3.01. The Bertz CT molecular complexity index is 326. The molecule has 0 amide bonds. The zero-order valence-corrected chi connectivity index (χ0v) is 11.9. The van der Waals surface area contributed by atoms with Gasteiger partial charge in [0.05, 0.1) is 6.61 Å². The predicted octanol–water partition coefficient (Wildman–Crippen LogP) is 2.37. The number of rotatable bonds is 8. The van der Waals surface area contributed by atoms with Crippen LogP contribution in [0, 0.1) is 0 Å². The fourth-order valence-corrected chi connectivity index (χ4v) is 1.96. The van der Waals surface area contributed by atoms with E-state index in [9.17, 15) is 0 Å². The number of ether oxygens (including phenoxy) is 1. The topological polar surface area (TPSA) is 37.4 Å². The second-order valence-electron chi connectivity index (χ2n) is 4.45. The minimum absolute atomic E-state index is 0.424. The van der Waals surface area contributed by atoms with E-state index in [0.717, 1.165) is 32.1 Å². The van der Waals surface area contributed by atoms with Crippen molar-refractivity contribution in [2.45, 2.75) is 33.4 Å². The first kappa shape index (κ1) is 14.9. The summed E-state index contributed by atoms with van der Waals surface area (Å²) in [7, 11) is 1.75. The van der Waals surface area contributed by atoms with Gasteiger partial charge in [-0.3, -0.25) is 4.90 Å². The van der Waals surface area contributed by atoms with Crippen molar-refractivity contribution in [3.05, 3.63) is 23.9 Å². The molecule has 1 aromatic heterocycles. The number of anilines is 1. The Hall–Kier alpha value is -1.13. The van der Waals surface area contributed by atoms with Crippen LogP contribution in [0.25, 0.3) is 0 Å². The number of nitrogens with one attached hydrogen (secondary N) is 1. The fraction of sp³-hybridized carbons (Fsp3) is 0.643. The number of likely N-dealkylation sites (N-methyl/N-ethyl adjacent to an activating group) is 1. The van der Waals surface area contributed by atoms with Crippen LogP contribution in [0.4, 0.5) is 5.82 Å². The van der Waals surface area contributed by atoms with Crippen molar-refractivity contribution in [2.75, 3.05) is 32.1 Å². The highest BCUT2D eigenvalue weighted by atomic mass is 16.5. The normalized spacial score (nSPS) is 12.7. The molecular weight excluding hydrogens is 226 g/mol. The number of methoxy groups -OCH3 is 1. The van der Waals surface area contributed by atoms with Gasteiger partial charge in [0.15, 0.2) is 0 Å². The van der Waals surface area contributed by atoms with Gasteiger partial charge < -0.3 is 10.1 Å². The molecule has 1 rings (SSSR count).